The molecule has 1 aromatic carbocycles. The highest BCUT2D eigenvalue weighted by Crippen LogP contribution is 2.30. The van der Waals surface area contributed by atoms with Gasteiger partial charge in [0.25, 0.3) is 6.43 Å². The standard InChI is InChI=1S/C16H21F2N/c17-16(18)14-8-4-5-12(9-14)10-15(11-19)13-6-2-1-3-7-13/h4-5,8-10,13,16H,1-3,6-7,11,19H2/b15-10-. The lowest BCUT2D eigenvalue weighted by molar-refractivity contribution is 0.151. The molecule has 1 fully saturated rings. The first-order valence-corrected chi connectivity index (χ1v) is 6.99. The van der Waals surface area contributed by atoms with Gasteiger partial charge in [0.15, 0.2) is 0 Å². The molecule has 3 heteroatoms. The molecule has 104 valence electrons. The van der Waals surface area contributed by atoms with Crippen molar-refractivity contribution in [1.82, 2.24) is 0 Å². The van der Waals surface area contributed by atoms with Crippen molar-refractivity contribution in [3.8, 4) is 0 Å². The lowest BCUT2D eigenvalue weighted by Crippen LogP contribution is -2.16. The lowest BCUT2D eigenvalue weighted by Gasteiger charge is -2.24. The molecule has 1 saturated carbocycles. The van der Waals surface area contributed by atoms with Gasteiger partial charge in [-0.2, -0.15) is 0 Å². The first kappa shape index (κ1) is 14.2. The molecule has 0 saturated heterocycles. The Bertz CT molecular complexity index is 434. The van der Waals surface area contributed by atoms with E-state index in [1.165, 1.54) is 43.7 Å². The van der Waals surface area contributed by atoms with Gasteiger partial charge in [-0.3, -0.25) is 0 Å². The third-order valence-electron chi connectivity index (χ3n) is 3.88. The Morgan fingerprint density at radius 2 is 2.00 bits per heavy atom. The summed E-state index contributed by atoms with van der Waals surface area (Å²) in [6, 6.07) is 6.57. The third kappa shape index (κ3) is 3.87. The SMILES string of the molecule is NC/C(=C/c1cccc(C(F)F)c1)C1CCCCC1. The summed E-state index contributed by atoms with van der Waals surface area (Å²) in [7, 11) is 0. The van der Waals surface area contributed by atoms with Gasteiger partial charge in [0, 0.05) is 12.1 Å². The van der Waals surface area contributed by atoms with E-state index in [9.17, 15) is 8.78 Å². The zero-order valence-electron chi connectivity index (χ0n) is 11.1. The third-order valence-corrected chi connectivity index (χ3v) is 3.88. The fraction of sp³-hybridized carbons (Fsp3) is 0.500. The number of alkyl halides is 2. The number of rotatable bonds is 4. The summed E-state index contributed by atoms with van der Waals surface area (Å²) >= 11 is 0. The van der Waals surface area contributed by atoms with Crippen LogP contribution in [0.5, 0.6) is 0 Å². The van der Waals surface area contributed by atoms with Crippen LogP contribution in [0.4, 0.5) is 8.78 Å². The van der Waals surface area contributed by atoms with E-state index >= 15 is 0 Å². The molecule has 0 atom stereocenters. The summed E-state index contributed by atoms with van der Waals surface area (Å²) in [6.45, 7) is 0.517. The maximum atomic E-state index is 12.7. The van der Waals surface area contributed by atoms with Crippen LogP contribution in [-0.4, -0.2) is 6.54 Å². The largest absolute Gasteiger partial charge is 0.327 e. The average molecular weight is 265 g/mol. The van der Waals surface area contributed by atoms with Crippen LogP contribution in [0.15, 0.2) is 29.8 Å². The Morgan fingerprint density at radius 1 is 1.26 bits per heavy atom. The second kappa shape index (κ2) is 6.80. The molecule has 0 heterocycles. The summed E-state index contributed by atoms with van der Waals surface area (Å²) in [5.41, 5.74) is 7.95. The van der Waals surface area contributed by atoms with Crippen molar-refractivity contribution in [2.45, 2.75) is 38.5 Å². The highest BCUT2D eigenvalue weighted by Gasteiger charge is 2.17. The van der Waals surface area contributed by atoms with E-state index in [4.69, 9.17) is 5.73 Å². The zero-order valence-corrected chi connectivity index (χ0v) is 11.1. The summed E-state index contributed by atoms with van der Waals surface area (Å²) in [4.78, 5) is 0. The maximum Gasteiger partial charge on any atom is 0.263 e. The quantitative estimate of drug-likeness (QED) is 0.849. The van der Waals surface area contributed by atoms with Gasteiger partial charge in [-0.05, 0) is 30.4 Å². The van der Waals surface area contributed by atoms with Crippen LogP contribution < -0.4 is 5.73 Å². The van der Waals surface area contributed by atoms with E-state index in [1.54, 1.807) is 12.1 Å². The summed E-state index contributed by atoms with van der Waals surface area (Å²) < 4.78 is 25.4. The van der Waals surface area contributed by atoms with Gasteiger partial charge in [-0.15, -0.1) is 0 Å². The molecule has 1 aliphatic carbocycles. The first-order valence-electron chi connectivity index (χ1n) is 6.99. The molecule has 2 rings (SSSR count). The van der Waals surface area contributed by atoms with E-state index in [-0.39, 0.29) is 5.56 Å². The number of benzene rings is 1. The van der Waals surface area contributed by atoms with Crippen molar-refractivity contribution >= 4 is 6.08 Å². The molecule has 19 heavy (non-hydrogen) atoms. The summed E-state index contributed by atoms with van der Waals surface area (Å²) in [5, 5.41) is 0. The van der Waals surface area contributed by atoms with Crippen molar-refractivity contribution in [3.63, 3.8) is 0 Å². The van der Waals surface area contributed by atoms with Gasteiger partial charge in [-0.25, -0.2) is 8.78 Å². The number of halogens is 2. The molecule has 0 radical (unpaired) electrons. The highest BCUT2D eigenvalue weighted by atomic mass is 19.3. The van der Waals surface area contributed by atoms with Crippen LogP contribution >= 0.6 is 0 Å². The molecular weight excluding hydrogens is 244 g/mol. The predicted molar refractivity (Wildman–Crippen MR) is 75.0 cm³/mol. The summed E-state index contributed by atoms with van der Waals surface area (Å²) in [6.07, 6.45) is 5.74. The van der Waals surface area contributed by atoms with E-state index in [1.807, 2.05) is 12.1 Å². The number of nitrogens with two attached hydrogens (primary N) is 1. The van der Waals surface area contributed by atoms with Crippen LogP contribution in [-0.2, 0) is 0 Å². The minimum atomic E-state index is -2.41. The first-order chi connectivity index (χ1) is 9.20. The van der Waals surface area contributed by atoms with Crippen LogP contribution in [0, 0.1) is 5.92 Å². The Hall–Kier alpha value is -1.22. The van der Waals surface area contributed by atoms with Crippen molar-refractivity contribution < 1.29 is 8.78 Å². The molecular formula is C16H21F2N. The molecule has 1 aliphatic rings. The average Bonchev–Trinajstić information content (AvgIpc) is 2.46. The van der Waals surface area contributed by atoms with Crippen molar-refractivity contribution in [2.75, 3.05) is 6.54 Å². The molecule has 0 aromatic heterocycles. The lowest BCUT2D eigenvalue weighted by atomic mass is 9.83. The molecule has 1 nitrogen and oxygen atoms in total. The molecule has 0 spiro atoms. The second-order valence-electron chi connectivity index (χ2n) is 5.23. The molecule has 0 aliphatic heterocycles. The van der Waals surface area contributed by atoms with Gasteiger partial charge in [0.2, 0.25) is 0 Å². The second-order valence-corrected chi connectivity index (χ2v) is 5.23. The van der Waals surface area contributed by atoms with E-state index < -0.39 is 6.43 Å². The molecule has 2 N–H and O–H groups in total. The van der Waals surface area contributed by atoms with E-state index in [2.05, 4.69) is 0 Å². The van der Waals surface area contributed by atoms with Gasteiger partial charge >= 0.3 is 0 Å². The molecule has 0 bridgehead atoms. The molecule has 0 unspecified atom stereocenters. The number of hydrogen-bond acceptors (Lipinski definition) is 1. The van der Waals surface area contributed by atoms with Crippen molar-refractivity contribution in [1.29, 1.82) is 0 Å². The minimum Gasteiger partial charge on any atom is -0.327 e. The minimum absolute atomic E-state index is 0.0776. The van der Waals surface area contributed by atoms with E-state index in [0.717, 1.165) is 5.56 Å². The Labute approximate surface area is 113 Å². The Kier molecular flexibility index (Phi) is 5.08. The van der Waals surface area contributed by atoms with Crippen LogP contribution in [0.1, 0.15) is 49.7 Å². The zero-order chi connectivity index (χ0) is 13.7. The Morgan fingerprint density at radius 3 is 2.63 bits per heavy atom. The fourth-order valence-electron chi connectivity index (χ4n) is 2.82. The highest BCUT2D eigenvalue weighted by molar-refractivity contribution is 5.55. The molecule has 0 amide bonds. The van der Waals surface area contributed by atoms with Gasteiger partial charge < -0.3 is 5.73 Å². The van der Waals surface area contributed by atoms with Crippen LogP contribution in [0.3, 0.4) is 0 Å². The number of hydrogen-bond donors (Lipinski definition) is 1. The van der Waals surface area contributed by atoms with Crippen LogP contribution in [0.2, 0.25) is 0 Å². The van der Waals surface area contributed by atoms with Gasteiger partial charge in [-0.1, -0.05) is 49.1 Å². The predicted octanol–water partition coefficient (Wildman–Crippen LogP) is 4.55. The van der Waals surface area contributed by atoms with Crippen molar-refractivity contribution in [2.24, 2.45) is 11.7 Å². The topological polar surface area (TPSA) is 26.0 Å². The molecule has 1 aromatic rings. The fourth-order valence-corrected chi connectivity index (χ4v) is 2.82. The Balaban J connectivity index is 2.19. The maximum absolute atomic E-state index is 12.7. The van der Waals surface area contributed by atoms with Crippen molar-refractivity contribution in [3.05, 3.63) is 41.0 Å². The smallest absolute Gasteiger partial charge is 0.263 e. The normalized spacial score (nSPS) is 18.0. The monoisotopic (exact) mass is 265 g/mol. The van der Waals surface area contributed by atoms with Gasteiger partial charge in [0.05, 0.1) is 0 Å². The van der Waals surface area contributed by atoms with Crippen LogP contribution in [0.25, 0.3) is 6.08 Å². The van der Waals surface area contributed by atoms with E-state index in [0.29, 0.717) is 12.5 Å². The van der Waals surface area contributed by atoms with Gasteiger partial charge in [0.1, 0.15) is 0 Å². The summed E-state index contributed by atoms with van der Waals surface area (Å²) in [5.74, 6) is 0.536.